The highest BCUT2D eigenvalue weighted by Gasteiger charge is 2.15. The molecule has 1 heterocycles. The molecule has 6 heteroatoms. The number of anilines is 1. The van der Waals surface area contributed by atoms with Crippen LogP contribution in [0.1, 0.15) is 11.1 Å². The van der Waals surface area contributed by atoms with Gasteiger partial charge in [0.2, 0.25) is 5.91 Å². The molecule has 27 heavy (non-hydrogen) atoms. The van der Waals surface area contributed by atoms with Crippen LogP contribution in [0.3, 0.4) is 0 Å². The Labute approximate surface area is 154 Å². The van der Waals surface area contributed by atoms with E-state index in [0.717, 1.165) is 32.9 Å². The molecule has 4 aromatic rings. The van der Waals surface area contributed by atoms with E-state index in [1.165, 1.54) is 12.1 Å². The molecule has 0 saturated carbocycles. The van der Waals surface area contributed by atoms with E-state index in [0.29, 0.717) is 5.69 Å². The number of nitro groups is 1. The van der Waals surface area contributed by atoms with Crippen molar-refractivity contribution in [2.75, 3.05) is 5.32 Å². The molecule has 4 rings (SSSR count). The molecule has 0 aliphatic rings. The number of non-ortho nitro benzene ring substituents is 1. The Morgan fingerprint density at radius 1 is 1.15 bits per heavy atom. The van der Waals surface area contributed by atoms with Crippen molar-refractivity contribution in [1.29, 1.82) is 0 Å². The third kappa shape index (κ3) is 3.13. The van der Waals surface area contributed by atoms with E-state index >= 15 is 0 Å². The van der Waals surface area contributed by atoms with Crippen LogP contribution < -0.4 is 5.32 Å². The number of hydrogen-bond acceptors (Lipinski definition) is 4. The van der Waals surface area contributed by atoms with Crippen molar-refractivity contribution in [3.05, 3.63) is 82.1 Å². The Bertz CT molecular complexity index is 1190. The van der Waals surface area contributed by atoms with Crippen molar-refractivity contribution in [2.45, 2.75) is 13.3 Å². The predicted molar refractivity (Wildman–Crippen MR) is 104 cm³/mol. The molecule has 0 saturated heterocycles. The molecule has 1 aromatic heterocycles. The summed E-state index contributed by atoms with van der Waals surface area (Å²) in [6, 6.07) is 16.2. The summed E-state index contributed by atoms with van der Waals surface area (Å²) < 4.78 is 5.61. The lowest BCUT2D eigenvalue weighted by molar-refractivity contribution is -0.384. The second-order valence-corrected chi connectivity index (χ2v) is 6.40. The van der Waals surface area contributed by atoms with Crippen LogP contribution in [-0.2, 0) is 11.2 Å². The van der Waals surface area contributed by atoms with E-state index in [4.69, 9.17) is 4.42 Å². The van der Waals surface area contributed by atoms with Crippen molar-refractivity contribution >= 4 is 39.0 Å². The molecule has 134 valence electrons. The minimum Gasteiger partial charge on any atom is -0.464 e. The van der Waals surface area contributed by atoms with Crippen LogP contribution in [0.5, 0.6) is 0 Å². The van der Waals surface area contributed by atoms with Gasteiger partial charge in [0, 0.05) is 23.1 Å². The number of benzene rings is 3. The Morgan fingerprint density at radius 3 is 2.78 bits per heavy atom. The van der Waals surface area contributed by atoms with Gasteiger partial charge in [-0.25, -0.2) is 0 Å². The first-order valence-corrected chi connectivity index (χ1v) is 8.45. The average Bonchev–Trinajstić information content (AvgIpc) is 3.06. The molecule has 0 unspecified atom stereocenters. The van der Waals surface area contributed by atoms with Gasteiger partial charge in [0.25, 0.3) is 5.69 Å². The second-order valence-electron chi connectivity index (χ2n) is 6.40. The fraction of sp³-hybridized carbons (Fsp3) is 0.0952. The number of aryl methyl sites for hydroxylation is 1. The maximum atomic E-state index is 12.6. The highest BCUT2D eigenvalue weighted by atomic mass is 16.6. The first kappa shape index (κ1) is 16.8. The third-order valence-electron chi connectivity index (χ3n) is 4.60. The molecule has 0 bridgehead atoms. The molecular formula is C21H16N2O4. The van der Waals surface area contributed by atoms with Gasteiger partial charge < -0.3 is 9.73 Å². The summed E-state index contributed by atoms with van der Waals surface area (Å²) in [5.41, 5.74) is 2.64. The monoisotopic (exact) mass is 360 g/mol. The molecule has 0 aliphatic heterocycles. The lowest BCUT2D eigenvalue weighted by Crippen LogP contribution is -2.15. The van der Waals surface area contributed by atoms with Crippen LogP contribution in [0.2, 0.25) is 0 Å². The standard InChI is InChI=1S/C21H16N2O4/c1-13-6-8-16(23(25)26)11-18(13)22-20(24)10-15-12-27-19-9-7-14-4-2-3-5-17(14)21(15)19/h2-9,11-12H,10H2,1H3,(H,22,24). The summed E-state index contributed by atoms with van der Waals surface area (Å²) in [6.45, 7) is 1.79. The van der Waals surface area contributed by atoms with Gasteiger partial charge in [-0.15, -0.1) is 0 Å². The topological polar surface area (TPSA) is 85.4 Å². The zero-order chi connectivity index (χ0) is 19.0. The van der Waals surface area contributed by atoms with Crippen molar-refractivity contribution in [3.8, 4) is 0 Å². The number of fused-ring (bicyclic) bond motifs is 3. The number of nitrogens with zero attached hydrogens (tertiary/aromatic N) is 1. The molecular weight excluding hydrogens is 344 g/mol. The van der Waals surface area contributed by atoms with E-state index in [-0.39, 0.29) is 18.0 Å². The minimum absolute atomic E-state index is 0.0596. The van der Waals surface area contributed by atoms with Gasteiger partial charge in [0.05, 0.1) is 23.3 Å². The number of hydrogen-bond donors (Lipinski definition) is 1. The first-order valence-electron chi connectivity index (χ1n) is 8.45. The number of nitrogens with one attached hydrogen (secondary N) is 1. The summed E-state index contributed by atoms with van der Waals surface area (Å²) in [5, 5.41) is 16.7. The number of nitro benzene ring substituents is 1. The Morgan fingerprint density at radius 2 is 1.96 bits per heavy atom. The largest absolute Gasteiger partial charge is 0.464 e. The van der Waals surface area contributed by atoms with Crippen LogP contribution in [-0.4, -0.2) is 10.8 Å². The lowest BCUT2D eigenvalue weighted by Gasteiger charge is -2.08. The lowest BCUT2D eigenvalue weighted by atomic mass is 10.0. The van der Waals surface area contributed by atoms with Gasteiger partial charge in [0.1, 0.15) is 5.58 Å². The number of amides is 1. The molecule has 0 aliphatic carbocycles. The molecule has 0 radical (unpaired) electrons. The molecule has 0 fully saturated rings. The molecule has 0 spiro atoms. The Balaban J connectivity index is 1.65. The Hall–Kier alpha value is -3.67. The second kappa shape index (κ2) is 6.57. The number of carbonyl (C=O) groups is 1. The number of furan rings is 1. The van der Waals surface area contributed by atoms with Crippen molar-refractivity contribution < 1.29 is 14.1 Å². The minimum atomic E-state index is -0.481. The van der Waals surface area contributed by atoms with Crippen LogP contribution in [0, 0.1) is 17.0 Å². The summed E-state index contributed by atoms with van der Waals surface area (Å²) in [4.78, 5) is 23.0. The van der Waals surface area contributed by atoms with E-state index in [2.05, 4.69) is 5.32 Å². The van der Waals surface area contributed by atoms with Crippen molar-refractivity contribution in [1.82, 2.24) is 0 Å². The van der Waals surface area contributed by atoms with Gasteiger partial charge in [-0.2, -0.15) is 0 Å². The van der Waals surface area contributed by atoms with Gasteiger partial charge >= 0.3 is 0 Å². The van der Waals surface area contributed by atoms with E-state index in [1.807, 2.05) is 36.4 Å². The van der Waals surface area contributed by atoms with Crippen LogP contribution in [0.15, 0.2) is 65.3 Å². The summed E-state index contributed by atoms with van der Waals surface area (Å²) >= 11 is 0. The normalized spacial score (nSPS) is 11.0. The molecule has 1 amide bonds. The molecule has 0 atom stereocenters. The SMILES string of the molecule is Cc1ccc([N+](=O)[O-])cc1NC(=O)Cc1coc2ccc3ccccc3c12. The summed E-state index contributed by atoms with van der Waals surface area (Å²) in [7, 11) is 0. The van der Waals surface area contributed by atoms with Gasteiger partial charge in [-0.1, -0.05) is 36.4 Å². The van der Waals surface area contributed by atoms with Crippen LogP contribution in [0.4, 0.5) is 11.4 Å². The Kier molecular flexibility index (Phi) is 4.08. The average molecular weight is 360 g/mol. The van der Waals surface area contributed by atoms with Crippen LogP contribution >= 0.6 is 0 Å². The van der Waals surface area contributed by atoms with E-state index in [9.17, 15) is 14.9 Å². The molecule has 6 nitrogen and oxygen atoms in total. The maximum Gasteiger partial charge on any atom is 0.271 e. The highest BCUT2D eigenvalue weighted by molar-refractivity contribution is 6.09. The quantitative estimate of drug-likeness (QED) is 0.411. The maximum absolute atomic E-state index is 12.6. The number of carbonyl (C=O) groups excluding carboxylic acids is 1. The summed E-state index contributed by atoms with van der Waals surface area (Å²) in [6.07, 6.45) is 1.71. The predicted octanol–water partition coefficient (Wildman–Crippen LogP) is 4.98. The third-order valence-corrected chi connectivity index (χ3v) is 4.60. The zero-order valence-electron chi connectivity index (χ0n) is 14.6. The fourth-order valence-corrected chi connectivity index (χ4v) is 3.23. The number of rotatable bonds is 4. The van der Waals surface area contributed by atoms with Gasteiger partial charge in [-0.3, -0.25) is 14.9 Å². The fourth-order valence-electron chi connectivity index (χ4n) is 3.23. The first-order chi connectivity index (χ1) is 13.0. The molecule has 3 aromatic carbocycles. The van der Waals surface area contributed by atoms with Crippen molar-refractivity contribution in [2.24, 2.45) is 0 Å². The molecule has 1 N–H and O–H groups in total. The smallest absolute Gasteiger partial charge is 0.271 e. The van der Waals surface area contributed by atoms with E-state index < -0.39 is 4.92 Å². The highest BCUT2D eigenvalue weighted by Crippen LogP contribution is 2.30. The van der Waals surface area contributed by atoms with Crippen LogP contribution in [0.25, 0.3) is 21.7 Å². The van der Waals surface area contributed by atoms with Gasteiger partial charge in [0.15, 0.2) is 0 Å². The van der Waals surface area contributed by atoms with Gasteiger partial charge in [-0.05, 0) is 29.3 Å². The zero-order valence-corrected chi connectivity index (χ0v) is 14.6. The van der Waals surface area contributed by atoms with Crippen molar-refractivity contribution in [3.63, 3.8) is 0 Å². The van der Waals surface area contributed by atoms with E-state index in [1.54, 1.807) is 19.3 Å². The summed E-state index contributed by atoms with van der Waals surface area (Å²) in [5.74, 6) is -0.255.